The van der Waals surface area contributed by atoms with Gasteiger partial charge in [0.25, 0.3) is 5.63 Å². The van der Waals surface area contributed by atoms with Gasteiger partial charge < -0.3 is 10.5 Å². The lowest BCUT2D eigenvalue weighted by atomic mass is 10.3. The van der Waals surface area contributed by atoms with E-state index in [1.54, 1.807) is 0 Å². The largest absolute Gasteiger partial charge is 0.444 e. The molecule has 0 heterocycles. The molecule has 0 bridgehead atoms. The summed E-state index contributed by atoms with van der Waals surface area (Å²) in [5.74, 6) is -0.426. The topological polar surface area (TPSA) is 35.2 Å². The van der Waals surface area contributed by atoms with E-state index in [1.165, 1.54) is 12.1 Å². The minimum absolute atomic E-state index is 0.110. The van der Waals surface area contributed by atoms with Crippen molar-refractivity contribution in [1.29, 1.82) is 0 Å². The quantitative estimate of drug-likeness (QED) is 0.667. The third kappa shape index (κ3) is 3.07. The van der Waals surface area contributed by atoms with E-state index in [0.29, 0.717) is 0 Å². The molecule has 2 N–H and O–H groups in total. The number of nitrogen functional groups attached to an aromatic ring is 1. The second-order valence-corrected chi connectivity index (χ2v) is 3.44. The van der Waals surface area contributed by atoms with Crippen LogP contribution in [0.1, 0.15) is 0 Å². The Kier molecular flexibility index (Phi) is 3.57. The van der Waals surface area contributed by atoms with E-state index in [9.17, 15) is 13.2 Å². The predicted molar refractivity (Wildman–Crippen MR) is 52.2 cm³/mol. The van der Waals surface area contributed by atoms with Gasteiger partial charge in [-0.2, -0.15) is 8.78 Å². The molecule has 2 nitrogen and oxygen atoms in total. The Morgan fingerprint density at radius 1 is 1.40 bits per heavy atom. The molecule has 1 atom stereocenters. The Morgan fingerprint density at radius 3 is 2.53 bits per heavy atom. The first-order valence-corrected chi connectivity index (χ1v) is 4.54. The van der Waals surface area contributed by atoms with Crippen molar-refractivity contribution < 1.29 is 17.9 Å². The third-order valence-corrected chi connectivity index (χ3v) is 2.02. The maximum atomic E-state index is 12.7. The fourth-order valence-corrected chi connectivity index (χ4v) is 0.990. The van der Waals surface area contributed by atoms with Crippen molar-refractivity contribution in [2.45, 2.75) is 11.7 Å². The van der Waals surface area contributed by atoms with Gasteiger partial charge in [0.1, 0.15) is 5.75 Å². The van der Waals surface area contributed by atoms with Crippen LogP contribution in [0.5, 0.6) is 5.75 Å². The molecule has 0 aromatic heterocycles. The van der Waals surface area contributed by atoms with E-state index in [1.807, 2.05) is 0 Å². The van der Waals surface area contributed by atoms with Crippen LogP contribution in [0, 0.1) is 0 Å². The summed E-state index contributed by atoms with van der Waals surface area (Å²) >= 11 is 10.1. The van der Waals surface area contributed by atoms with Crippen molar-refractivity contribution in [1.82, 2.24) is 0 Å². The zero-order valence-corrected chi connectivity index (χ0v) is 8.70. The van der Waals surface area contributed by atoms with Gasteiger partial charge in [0.15, 0.2) is 0 Å². The minimum atomic E-state index is -4.15. The standard InChI is InChI=1S/C8H6Cl2F3NO/c9-5-2-1-4(14)3-6(5)15-8(12,13)7(10)11/h1-3,7H,14H2/t7-/m1/s1. The van der Waals surface area contributed by atoms with Crippen LogP contribution < -0.4 is 10.5 Å². The molecule has 0 amide bonds. The third-order valence-electron chi connectivity index (χ3n) is 1.46. The molecule has 7 heteroatoms. The first kappa shape index (κ1) is 12.3. The molecule has 0 saturated heterocycles. The highest BCUT2D eigenvalue weighted by Gasteiger charge is 2.42. The molecule has 1 rings (SSSR count). The summed E-state index contributed by atoms with van der Waals surface area (Å²) < 4.78 is 41.7. The number of ether oxygens (including phenoxy) is 1. The minimum Gasteiger partial charge on any atom is -0.428 e. The van der Waals surface area contributed by atoms with Gasteiger partial charge in [-0.1, -0.05) is 23.2 Å². The van der Waals surface area contributed by atoms with Crippen LogP contribution in [0.4, 0.5) is 18.9 Å². The maximum Gasteiger partial charge on any atom is 0.444 e. The summed E-state index contributed by atoms with van der Waals surface area (Å²) in [5.41, 5.74) is 2.51. The summed E-state index contributed by atoms with van der Waals surface area (Å²) in [4.78, 5) is 0. The Labute approximate surface area is 93.7 Å². The molecule has 84 valence electrons. The zero-order valence-electron chi connectivity index (χ0n) is 7.18. The summed E-state index contributed by atoms with van der Waals surface area (Å²) in [6.45, 7) is 0. The first-order valence-electron chi connectivity index (χ1n) is 3.73. The molecule has 0 unspecified atom stereocenters. The number of hydrogen-bond acceptors (Lipinski definition) is 2. The molecular weight excluding hydrogens is 254 g/mol. The number of nitrogens with two attached hydrogens (primary N) is 1. The second-order valence-electron chi connectivity index (χ2n) is 2.65. The summed E-state index contributed by atoms with van der Waals surface area (Å²) in [5, 5.41) is -0.110. The summed E-state index contributed by atoms with van der Waals surface area (Å²) in [6.07, 6.45) is -4.15. The Hall–Kier alpha value is -0.810. The molecule has 0 spiro atoms. The number of rotatable bonds is 3. The van der Waals surface area contributed by atoms with Gasteiger partial charge in [0, 0.05) is 11.8 Å². The summed E-state index contributed by atoms with van der Waals surface area (Å²) in [7, 11) is 0. The number of halogens is 5. The molecule has 15 heavy (non-hydrogen) atoms. The van der Waals surface area contributed by atoms with Gasteiger partial charge in [-0.15, -0.1) is 0 Å². The van der Waals surface area contributed by atoms with Gasteiger partial charge in [-0.25, -0.2) is 4.39 Å². The van der Waals surface area contributed by atoms with E-state index < -0.39 is 17.5 Å². The highest BCUT2D eigenvalue weighted by atomic mass is 35.5. The molecule has 0 aliphatic carbocycles. The number of anilines is 1. The molecule has 0 fully saturated rings. The highest BCUT2D eigenvalue weighted by Crippen LogP contribution is 2.34. The van der Waals surface area contributed by atoms with Crippen molar-refractivity contribution in [3.05, 3.63) is 23.2 Å². The van der Waals surface area contributed by atoms with E-state index in [2.05, 4.69) is 16.3 Å². The molecule has 0 aliphatic rings. The molecule has 0 saturated carbocycles. The first-order chi connectivity index (χ1) is 6.83. The van der Waals surface area contributed by atoms with Crippen molar-refractivity contribution in [2.75, 3.05) is 5.73 Å². The second kappa shape index (κ2) is 4.37. The average molecular weight is 260 g/mol. The fraction of sp³-hybridized carbons (Fsp3) is 0.250. The van der Waals surface area contributed by atoms with E-state index in [4.69, 9.17) is 17.3 Å². The molecule has 0 radical (unpaired) electrons. The van der Waals surface area contributed by atoms with Gasteiger partial charge in [-0.05, 0) is 12.1 Å². The lowest BCUT2D eigenvalue weighted by Gasteiger charge is -2.18. The van der Waals surface area contributed by atoms with E-state index in [-0.39, 0.29) is 10.7 Å². The predicted octanol–water partition coefficient (Wildman–Crippen LogP) is 3.43. The molecule has 1 aromatic carbocycles. The van der Waals surface area contributed by atoms with Crippen LogP contribution in [0.15, 0.2) is 18.2 Å². The Morgan fingerprint density at radius 2 is 2.00 bits per heavy atom. The Balaban J connectivity index is 2.94. The summed E-state index contributed by atoms with van der Waals surface area (Å²) in [6, 6.07) is 3.69. The molecular formula is C8H6Cl2F3NO. The van der Waals surface area contributed by atoms with Gasteiger partial charge in [0.2, 0.25) is 0 Å². The van der Waals surface area contributed by atoms with Crippen LogP contribution in [0.25, 0.3) is 0 Å². The van der Waals surface area contributed by atoms with Crippen molar-refractivity contribution in [2.24, 2.45) is 0 Å². The van der Waals surface area contributed by atoms with Crippen LogP contribution in [-0.4, -0.2) is 11.7 Å². The average Bonchev–Trinajstić information content (AvgIpc) is 2.10. The zero-order chi connectivity index (χ0) is 11.6. The van der Waals surface area contributed by atoms with E-state index >= 15 is 0 Å². The van der Waals surface area contributed by atoms with Crippen molar-refractivity contribution in [3.8, 4) is 5.75 Å². The number of hydrogen-bond donors (Lipinski definition) is 1. The van der Waals surface area contributed by atoms with Gasteiger partial charge in [0.05, 0.1) is 5.02 Å². The van der Waals surface area contributed by atoms with E-state index in [0.717, 1.165) is 6.07 Å². The highest BCUT2D eigenvalue weighted by molar-refractivity contribution is 6.32. The normalized spacial score (nSPS) is 13.7. The van der Waals surface area contributed by atoms with Crippen LogP contribution in [-0.2, 0) is 0 Å². The van der Waals surface area contributed by atoms with Crippen LogP contribution in [0.3, 0.4) is 0 Å². The SMILES string of the molecule is Nc1ccc(Cl)c(OC(F)(F)[C@@H](F)Cl)c1. The maximum absolute atomic E-state index is 12.7. The van der Waals surface area contributed by atoms with Gasteiger partial charge in [-0.3, -0.25) is 0 Å². The number of benzene rings is 1. The fourth-order valence-electron chi connectivity index (χ4n) is 0.789. The van der Waals surface area contributed by atoms with Crippen LogP contribution >= 0.6 is 23.2 Å². The molecule has 1 aromatic rings. The molecule has 0 aliphatic heterocycles. The van der Waals surface area contributed by atoms with Crippen molar-refractivity contribution >= 4 is 28.9 Å². The Bertz CT molecular complexity index is 360. The lowest BCUT2D eigenvalue weighted by Crippen LogP contribution is -2.32. The lowest BCUT2D eigenvalue weighted by molar-refractivity contribution is -0.198. The van der Waals surface area contributed by atoms with Crippen LogP contribution in [0.2, 0.25) is 5.02 Å². The smallest absolute Gasteiger partial charge is 0.428 e. The number of alkyl halides is 4. The van der Waals surface area contributed by atoms with Gasteiger partial charge >= 0.3 is 6.11 Å². The van der Waals surface area contributed by atoms with Crippen molar-refractivity contribution in [3.63, 3.8) is 0 Å². The monoisotopic (exact) mass is 259 g/mol.